The van der Waals surface area contributed by atoms with Crippen LogP contribution in [0.5, 0.6) is 0 Å². The molecule has 1 saturated carbocycles. The summed E-state index contributed by atoms with van der Waals surface area (Å²) in [5.74, 6) is 0.158. The Kier molecular flexibility index (Phi) is 8.43. The van der Waals surface area contributed by atoms with Gasteiger partial charge in [0.2, 0.25) is 5.91 Å². The van der Waals surface area contributed by atoms with Gasteiger partial charge in [0.05, 0.1) is 6.04 Å². The van der Waals surface area contributed by atoms with Crippen LogP contribution in [0.3, 0.4) is 0 Å². The molecular formula is C17H26ClFN2O. The maximum atomic E-state index is 14.1. The highest BCUT2D eigenvalue weighted by atomic mass is 35.5. The fourth-order valence-corrected chi connectivity index (χ4v) is 3.14. The maximum absolute atomic E-state index is 14.1. The van der Waals surface area contributed by atoms with E-state index in [4.69, 9.17) is 0 Å². The zero-order valence-electron chi connectivity index (χ0n) is 13.1. The second kappa shape index (κ2) is 9.80. The largest absolute Gasteiger partial charge is 0.349 e. The van der Waals surface area contributed by atoms with Gasteiger partial charge in [0.15, 0.2) is 0 Å². The van der Waals surface area contributed by atoms with Crippen LogP contribution >= 0.6 is 12.4 Å². The standard InChI is InChI=1S/C17H25FN2O.ClH/c1-19-12-6-11-16(21)20-17(13-7-2-3-8-13)14-9-4-5-10-15(14)18;/h4-5,9-10,13,17,19H,2-3,6-8,11-12H2,1H3,(H,20,21);1H. The molecular weight excluding hydrogens is 303 g/mol. The highest BCUT2D eigenvalue weighted by Crippen LogP contribution is 2.36. The van der Waals surface area contributed by atoms with E-state index in [1.807, 2.05) is 13.1 Å². The van der Waals surface area contributed by atoms with Crippen LogP contribution in [0.2, 0.25) is 0 Å². The third-order valence-electron chi connectivity index (χ3n) is 4.26. The van der Waals surface area contributed by atoms with Gasteiger partial charge in [-0.1, -0.05) is 31.0 Å². The second-order valence-electron chi connectivity index (χ2n) is 5.82. The number of nitrogens with one attached hydrogen (secondary N) is 2. The van der Waals surface area contributed by atoms with Crippen LogP contribution in [0, 0.1) is 11.7 Å². The average Bonchev–Trinajstić information content (AvgIpc) is 3.00. The van der Waals surface area contributed by atoms with E-state index in [1.165, 1.54) is 18.9 Å². The minimum atomic E-state index is -0.218. The van der Waals surface area contributed by atoms with Crippen molar-refractivity contribution in [2.75, 3.05) is 13.6 Å². The van der Waals surface area contributed by atoms with Crippen molar-refractivity contribution < 1.29 is 9.18 Å². The molecule has 1 unspecified atom stereocenters. The lowest BCUT2D eigenvalue weighted by Gasteiger charge is -2.25. The van der Waals surface area contributed by atoms with Crippen molar-refractivity contribution in [3.05, 3.63) is 35.6 Å². The van der Waals surface area contributed by atoms with Gasteiger partial charge >= 0.3 is 0 Å². The molecule has 1 amide bonds. The van der Waals surface area contributed by atoms with Gasteiger partial charge in [-0.3, -0.25) is 4.79 Å². The summed E-state index contributed by atoms with van der Waals surface area (Å²) in [7, 11) is 1.87. The van der Waals surface area contributed by atoms with Crippen LogP contribution in [-0.2, 0) is 4.79 Å². The Balaban J connectivity index is 0.00000242. The molecule has 2 N–H and O–H groups in total. The fraction of sp³-hybridized carbons (Fsp3) is 0.588. The molecule has 2 rings (SSSR count). The maximum Gasteiger partial charge on any atom is 0.220 e. The van der Waals surface area contributed by atoms with Crippen LogP contribution in [0.15, 0.2) is 24.3 Å². The van der Waals surface area contributed by atoms with Crippen molar-refractivity contribution in [1.82, 2.24) is 10.6 Å². The molecule has 0 heterocycles. The van der Waals surface area contributed by atoms with Gasteiger partial charge in [-0.15, -0.1) is 12.4 Å². The van der Waals surface area contributed by atoms with Gasteiger partial charge in [-0.05, 0) is 44.8 Å². The minimum Gasteiger partial charge on any atom is -0.349 e. The van der Waals surface area contributed by atoms with Crippen molar-refractivity contribution in [1.29, 1.82) is 0 Å². The Morgan fingerprint density at radius 2 is 2.00 bits per heavy atom. The highest BCUT2D eigenvalue weighted by Gasteiger charge is 2.29. The second-order valence-corrected chi connectivity index (χ2v) is 5.82. The molecule has 0 spiro atoms. The Labute approximate surface area is 138 Å². The lowest BCUT2D eigenvalue weighted by Crippen LogP contribution is -2.33. The molecule has 1 aromatic rings. The molecule has 1 aliphatic rings. The Morgan fingerprint density at radius 1 is 1.32 bits per heavy atom. The first-order chi connectivity index (χ1) is 10.2. The smallest absolute Gasteiger partial charge is 0.220 e. The summed E-state index contributed by atoms with van der Waals surface area (Å²) in [5.41, 5.74) is 0.631. The van der Waals surface area contributed by atoms with Crippen LogP contribution in [0.4, 0.5) is 4.39 Å². The quantitative estimate of drug-likeness (QED) is 0.751. The van der Waals surface area contributed by atoms with Gasteiger partial charge in [0.25, 0.3) is 0 Å². The zero-order chi connectivity index (χ0) is 15.1. The third kappa shape index (κ3) is 5.25. The lowest BCUT2D eigenvalue weighted by atomic mass is 9.91. The molecule has 1 atom stereocenters. The normalized spacial score (nSPS) is 16.1. The molecule has 0 aromatic heterocycles. The number of benzene rings is 1. The summed E-state index contributed by atoms with van der Waals surface area (Å²) in [5, 5.41) is 6.10. The van der Waals surface area contributed by atoms with E-state index in [1.54, 1.807) is 12.1 Å². The van der Waals surface area contributed by atoms with E-state index in [-0.39, 0.29) is 30.2 Å². The van der Waals surface area contributed by atoms with Crippen LogP contribution in [-0.4, -0.2) is 19.5 Å². The van der Waals surface area contributed by atoms with Crippen molar-refractivity contribution in [2.24, 2.45) is 5.92 Å². The van der Waals surface area contributed by atoms with Gasteiger partial charge in [0, 0.05) is 12.0 Å². The predicted octanol–water partition coefficient (Wildman–Crippen LogP) is 3.59. The van der Waals surface area contributed by atoms with Gasteiger partial charge < -0.3 is 10.6 Å². The summed E-state index contributed by atoms with van der Waals surface area (Å²) < 4.78 is 14.1. The number of hydrogen-bond acceptors (Lipinski definition) is 2. The number of halogens is 2. The minimum absolute atomic E-state index is 0. The average molecular weight is 329 g/mol. The number of carbonyl (C=O) groups is 1. The monoisotopic (exact) mass is 328 g/mol. The molecule has 3 nitrogen and oxygen atoms in total. The SMILES string of the molecule is CNCCCC(=O)NC(c1ccccc1F)C1CCCC1.Cl. The summed E-state index contributed by atoms with van der Waals surface area (Å²) >= 11 is 0. The molecule has 0 saturated heterocycles. The molecule has 0 radical (unpaired) electrons. The van der Waals surface area contributed by atoms with E-state index in [0.29, 0.717) is 17.9 Å². The number of hydrogen-bond donors (Lipinski definition) is 2. The lowest BCUT2D eigenvalue weighted by molar-refractivity contribution is -0.122. The van der Waals surface area contributed by atoms with E-state index in [0.717, 1.165) is 25.8 Å². The van der Waals surface area contributed by atoms with E-state index in [2.05, 4.69) is 10.6 Å². The van der Waals surface area contributed by atoms with Gasteiger partial charge in [-0.2, -0.15) is 0 Å². The molecule has 124 valence electrons. The van der Waals surface area contributed by atoms with E-state index in [9.17, 15) is 9.18 Å². The first-order valence-electron chi connectivity index (χ1n) is 7.90. The number of rotatable bonds is 7. The topological polar surface area (TPSA) is 41.1 Å². The Morgan fingerprint density at radius 3 is 2.64 bits per heavy atom. The summed E-state index contributed by atoms with van der Waals surface area (Å²) in [6.07, 6.45) is 5.76. The molecule has 22 heavy (non-hydrogen) atoms. The van der Waals surface area contributed by atoms with Crippen LogP contribution < -0.4 is 10.6 Å². The van der Waals surface area contributed by atoms with Crippen molar-refractivity contribution in [3.8, 4) is 0 Å². The van der Waals surface area contributed by atoms with Crippen molar-refractivity contribution >= 4 is 18.3 Å². The summed E-state index contributed by atoms with van der Waals surface area (Å²) in [6.45, 7) is 0.821. The first-order valence-corrected chi connectivity index (χ1v) is 7.90. The fourth-order valence-electron chi connectivity index (χ4n) is 3.14. The molecule has 1 aromatic carbocycles. The number of amides is 1. The molecule has 0 aliphatic heterocycles. The zero-order valence-corrected chi connectivity index (χ0v) is 13.9. The first kappa shape index (κ1) is 18.9. The van der Waals surface area contributed by atoms with E-state index < -0.39 is 0 Å². The summed E-state index contributed by atoms with van der Waals surface area (Å²) in [6, 6.07) is 6.62. The van der Waals surface area contributed by atoms with Crippen molar-refractivity contribution in [2.45, 2.75) is 44.6 Å². The summed E-state index contributed by atoms with van der Waals surface area (Å²) in [4.78, 5) is 12.1. The Hall–Kier alpha value is -1.13. The van der Waals surface area contributed by atoms with Crippen LogP contribution in [0.1, 0.15) is 50.1 Å². The molecule has 1 fully saturated rings. The molecule has 1 aliphatic carbocycles. The third-order valence-corrected chi connectivity index (χ3v) is 4.26. The van der Waals surface area contributed by atoms with E-state index >= 15 is 0 Å². The Bertz CT molecular complexity index is 464. The van der Waals surface area contributed by atoms with Gasteiger partial charge in [0.1, 0.15) is 5.82 Å². The highest BCUT2D eigenvalue weighted by molar-refractivity contribution is 5.85. The van der Waals surface area contributed by atoms with Crippen LogP contribution in [0.25, 0.3) is 0 Å². The van der Waals surface area contributed by atoms with Gasteiger partial charge in [-0.25, -0.2) is 4.39 Å². The number of carbonyl (C=O) groups excluding carboxylic acids is 1. The molecule has 5 heteroatoms. The predicted molar refractivity (Wildman–Crippen MR) is 89.7 cm³/mol. The molecule has 0 bridgehead atoms. The van der Waals surface area contributed by atoms with Crippen molar-refractivity contribution in [3.63, 3.8) is 0 Å².